The second kappa shape index (κ2) is 6.56. The van der Waals surface area contributed by atoms with E-state index in [1.807, 2.05) is 0 Å². The van der Waals surface area contributed by atoms with Crippen molar-refractivity contribution in [3.05, 3.63) is 47.7 Å². The van der Waals surface area contributed by atoms with Crippen LogP contribution in [0.2, 0.25) is 0 Å². The summed E-state index contributed by atoms with van der Waals surface area (Å²) in [6.07, 6.45) is 1.41. The summed E-state index contributed by atoms with van der Waals surface area (Å²) in [5.41, 5.74) is 0.407. The van der Waals surface area contributed by atoms with E-state index < -0.39 is 11.9 Å². The topological polar surface area (TPSA) is 129 Å². The van der Waals surface area contributed by atoms with Crippen LogP contribution in [0.15, 0.2) is 36.5 Å². The molecule has 0 atom stereocenters. The highest BCUT2D eigenvalue weighted by atomic mass is 16.4. The zero-order valence-corrected chi connectivity index (χ0v) is 12.0. The zero-order valence-electron chi connectivity index (χ0n) is 12.0. The second-order valence-electron chi connectivity index (χ2n) is 4.61. The minimum atomic E-state index is -1.26. The quantitative estimate of drug-likeness (QED) is 0.665. The van der Waals surface area contributed by atoms with Crippen LogP contribution in [0.4, 0.5) is 17.2 Å². The van der Waals surface area contributed by atoms with Crippen molar-refractivity contribution < 1.29 is 24.6 Å². The highest BCUT2D eigenvalue weighted by Gasteiger charge is 2.14. The molecule has 0 saturated carbocycles. The number of carboxylic acids is 2. The Labute approximate surface area is 130 Å². The highest BCUT2D eigenvalue weighted by Crippen LogP contribution is 2.22. The molecule has 118 valence electrons. The molecule has 1 aromatic carbocycles. The largest absolute Gasteiger partial charge is 0.478 e. The molecule has 8 heteroatoms. The van der Waals surface area contributed by atoms with Crippen LogP contribution in [0, 0.1) is 0 Å². The number of carboxylic acid groups (broad SMARTS) is 2. The lowest BCUT2D eigenvalue weighted by Gasteiger charge is -2.10. The average molecular weight is 315 g/mol. The number of pyridine rings is 1. The van der Waals surface area contributed by atoms with Gasteiger partial charge in [-0.25, -0.2) is 14.6 Å². The maximum Gasteiger partial charge on any atom is 0.337 e. The second-order valence-corrected chi connectivity index (χ2v) is 4.61. The van der Waals surface area contributed by atoms with E-state index in [4.69, 9.17) is 5.11 Å². The molecule has 2 rings (SSSR count). The monoisotopic (exact) mass is 315 g/mol. The molecule has 0 spiro atoms. The van der Waals surface area contributed by atoms with Crippen LogP contribution in [0.25, 0.3) is 0 Å². The van der Waals surface area contributed by atoms with E-state index in [-0.39, 0.29) is 22.7 Å². The maximum absolute atomic E-state index is 11.3. The van der Waals surface area contributed by atoms with Crippen LogP contribution in [-0.2, 0) is 4.79 Å². The fraction of sp³-hybridized carbons (Fsp3) is 0.0667. The van der Waals surface area contributed by atoms with Gasteiger partial charge in [0, 0.05) is 6.92 Å². The van der Waals surface area contributed by atoms with Gasteiger partial charge in [0.05, 0.1) is 28.7 Å². The van der Waals surface area contributed by atoms with E-state index in [1.165, 1.54) is 25.3 Å². The van der Waals surface area contributed by atoms with Crippen molar-refractivity contribution in [2.45, 2.75) is 6.92 Å². The van der Waals surface area contributed by atoms with Crippen molar-refractivity contribution >= 4 is 35.0 Å². The van der Waals surface area contributed by atoms with Crippen molar-refractivity contribution in [3.63, 3.8) is 0 Å². The first kappa shape index (κ1) is 16.0. The summed E-state index contributed by atoms with van der Waals surface area (Å²) >= 11 is 0. The van der Waals surface area contributed by atoms with Crippen molar-refractivity contribution in [2.24, 2.45) is 0 Å². The number of nitrogens with zero attached hydrogens (tertiary/aromatic N) is 1. The number of rotatable bonds is 5. The van der Waals surface area contributed by atoms with E-state index in [0.717, 1.165) is 6.07 Å². The minimum absolute atomic E-state index is 0.123. The number of hydrogen-bond donors (Lipinski definition) is 4. The molecule has 1 aromatic heterocycles. The first-order chi connectivity index (χ1) is 10.9. The Balaban J connectivity index is 2.27. The molecule has 1 heterocycles. The summed E-state index contributed by atoms with van der Waals surface area (Å²) in [6, 6.07) is 6.88. The highest BCUT2D eigenvalue weighted by molar-refractivity contribution is 5.99. The van der Waals surface area contributed by atoms with Gasteiger partial charge in [-0.05, 0) is 30.3 Å². The fourth-order valence-corrected chi connectivity index (χ4v) is 1.85. The lowest BCUT2D eigenvalue weighted by atomic mass is 10.1. The number of aromatic carboxylic acids is 2. The van der Waals surface area contributed by atoms with Gasteiger partial charge in [-0.2, -0.15) is 0 Å². The smallest absolute Gasteiger partial charge is 0.337 e. The molecule has 0 aliphatic rings. The van der Waals surface area contributed by atoms with E-state index in [9.17, 15) is 19.5 Å². The number of anilines is 3. The predicted octanol–water partition coefficient (Wildman–Crippen LogP) is 2.18. The maximum atomic E-state index is 11.3. The molecule has 0 saturated heterocycles. The summed E-state index contributed by atoms with van der Waals surface area (Å²) in [5.74, 6) is -2.35. The summed E-state index contributed by atoms with van der Waals surface area (Å²) in [7, 11) is 0. The van der Waals surface area contributed by atoms with Gasteiger partial charge in [0.1, 0.15) is 5.82 Å². The van der Waals surface area contributed by atoms with E-state index in [2.05, 4.69) is 15.6 Å². The van der Waals surface area contributed by atoms with E-state index in [1.54, 1.807) is 12.1 Å². The van der Waals surface area contributed by atoms with Gasteiger partial charge in [-0.3, -0.25) is 4.79 Å². The summed E-state index contributed by atoms with van der Waals surface area (Å²) in [6.45, 7) is 1.37. The third-order valence-corrected chi connectivity index (χ3v) is 2.84. The Morgan fingerprint density at radius 2 is 1.78 bits per heavy atom. The van der Waals surface area contributed by atoms with Crippen LogP contribution >= 0.6 is 0 Å². The van der Waals surface area contributed by atoms with Gasteiger partial charge < -0.3 is 20.8 Å². The lowest BCUT2D eigenvalue weighted by molar-refractivity contribution is -0.114. The normalized spacial score (nSPS) is 9.96. The first-order valence-corrected chi connectivity index (χ1v) is 6.48. The van der Waals surface area contributed by atoms with Gasteiger partial charge in [0.2, 0.25) is 5.91 Å². The average Bonchev–Trinajstić information content (AvgIpc) is 2.48. The SMILES string of the molecule is CC(=O)Nc1ccc(Nc2ccc(C(=O)O)cc2C(=O)O)nc1. The van der Waals surface area contributed by atoms with Crippen molar-refractivity contribution in [3.8, 4) is 0 Å². The minimum Gasteiger partial charge on any atom is -0.478 e. The molecular weight excluding hydrogens is 302 g/mol. The molecule has 0 radical (unpaired) electrons. The standard InChI is InChI=1S/C15H13N3O5/c1-8(19)17-10-3-5-13(16-7-10)18-12-4-2-9(14(20)21)6-11(12)15(22)23/h2-7H,1H3,(H,16,18)(H,17,19)(H,20,21)(H,22,23). The molecule has 1 amide bonds. The predicted molar refractivity (Wildman–Crippen MR) is 82.2 cm³/mol. The molecule has 4 N–H and O–H groups in total. The number of carbonyl (C=O) groups excluding carboxylic acids is 1. The van der Waals surface area contributed by atoms with Gasteiger partial charge in [-0.15, -0.1) is 0 Å². The molecule has 8 nitrogen and oxygen atoms in total. The van der Waals surface area contributed by atoms with Crippen molar-refractivity contribution in [1.82, 2.24) is 4.98 Å². The molecule has 0 unspecified atom stereocenters. The van der Waals surface area contributed by atoms with Crippen LogP contribution in [0.1, 0.15) is 27.6 Å². The molecular formula is C15H13N3O5. The van der Waals surface area contributed by atoms with Crippen molar-refractivity contribution in [2.75, 3.05) is 10.6 Å². The van der Waals surface area contributed by atoms with Gasteiger partial charge in [0.25, 0.3) is 0 Å². The zero-order chi connectivity index (χ0) is 17.0. The van der Waals surface area contributed by atoms with Gasteiger partial charge in [-0.1, -0.05) is 0 Å². The molecule has 0 bridgehead atoms. The Kier molecular flexibility index (Phi) is 4.55. The number of nitrogens with one attached hydrogen (secondary N) is 2. The Morgan fingerprint density at radius 3 is 2.30 bits per heavy atom. The van der Waals surface area contributed by atoms with Crippen LogP contribution in [0.5, 0.6) is 0 Å². The van der Waals surface area contributed by atoms with Gasteiger partial charge in [0.15, 0.2) is 0 Å². The van der Waals surface area contributed by atoms with E-state index >= 15 is 0 Å². The number of benzene rings is 1. The number of carbonyl (C=O) groups is 3. The fourth-order valence-electron chi connectivity index (χ4n) is 1.85. The number of aromatic nitrogens is 1. The number of hydrogen-bond acceptors (Lipinski definition) is 5. The summed E-state index contributed by atoms with van der Waals surface area (Å²) in [5, 5.41) is 23.5. The molecule has 0 aliphatic carbocycles. The van der Waals surface area contributed by atoms with Crippen molar-refractivity contribution in [1.29, 1.82) is 0 Å². The lowest BCUT2D eigenvalue weighted by Crippen LogP contribution is -2.08. The van der Waals surface area contributed by atoms with Crippen LogP contribution < -0.4 is 10.6 Å². The third kappa shape index (κ3) is 4.03. The summed E-state index contributed by atoms with van der Waals surface area (Å²) in [4.78, 5) is 37.1. The Hall–Kier alpha value is -3.42. The van der Waals surface area contributed by atoms with Crippen LogP contribution in [-0.4, -0.2) is 33.0 Å². The molecule has 2 aromatic rings. The Morgan fingerprint density at radius 1 is 1.04 bits per heavy atom. The number of amides is 1. The Bertz CT molecular complexity index is 771. The summed E-state index contributed by atoms with van der Waals surface area (Å²) < 4.78 is 0. The van der Waals surface area contributed by atoms with Gasteiger partial charge >= 0.3 is 11.9 Å². The first-order valence-electron chi connectivity index (χ1n) is 6.48. The van der Waals surface area contributed by atoms with Crippen LogP contribution in [0.3, 0.4) is 0 Å². The van der Waals surface area contributed by atoms with E-state index in [0.29, 0.717) is 11.5 Å². The molecule has 0 fully saturated rings. The molecule has 23 heavy (non-hydrogen) atoms. The third-order valence-electron chi connectivity index (χ3n) is 2.84. The molecule has 0 aliphatic heterocycles.